The molecule has 10 heteroatoms. The molecule has 0 saturated carbocycles. The molecule has 3 aromatic heterocycles. The fourth-order valence-corrected chi connectivity index (χ4v) is 6.03. The van der Waals surface area contributed by atoms with Crippen LogP contribution in [-0.2, 0) is 6.42 Å². The second kappa shape index (κ2) is 12.4. The first-order chi connectivity index (χ1) is 20.7. The lowest BCUT2D eigenvalue weighted by molar-refractivity contribution is 0.0965. The summed E-state index contributed by atoms with van der Waals surface area (Å²) in [5, 5.41) is 2.70. The fourth-order valence-electron chi connectivity index (χ4n) is 4.89. The van der Waals surface area contributed by atoms with Crippen molar-refractivity contribution >= 4 is 28.8 Å². The van der Waals surface area contributed by atoms with Crippen molar-refractivity contribution in [1.29, 1.82) is 0 Å². The van der Waals surface area contributed by atoms with Crippen molar-refractivity contribution in [3.63, 3.8) is 0 Å². The average molecular weight is 597 g/mol. The predicted molar refractivity (Wildman–Crippen MR) is 167 cm³/mol. The third-order valence-electron chi connectivity index (χ3n) is 6.99. The van der Waals surface area contributed by atoms with Gasteiger partial charge in [-0.3, -0.25) is 19.0 Å². The van der Waals surface area contributed by atoms with Crippen LogP contribution >= 0.6 is 11.3 Å². The van der Waals surface area contributed by atoms with Gasteiger partial charge >= 0.3 is 0 Å². The molecule has 1 aromatic carbocycles. The number of thiophene rings is 1. The summed E-state index contributed by atoms with van der Waals surface area (Å²) in [6.45, 7) is 6.96. The summed E-state index contributed by atoms with van der Waals surface area (Å²) in [6.07, 6.45) is 5.17. The van der Waals surface area contributed by atoms with Gasteiger partial charge in [0.15, 0.2) is 0 Å². The van der Waals surface area contributed by atoms with Gasteiger partial charge in [-0.05, 0) is 61.7 Å². The molecule has 4 heterocycles. The van der Waals surface area contributed by atoms with Gasteiger partial charge in [0.1, 0.15) is 23.1 Å². The highest BCUT2D eigenvalue weighted by Gasteiger charge is 2.28. The van der Waals surface area contributed by atoms with E-state index in [4.69, 9.17) is 4.74 Å². The van der Waals surface area contributed by atoms with Crippen LogP contribution in [0.1, 0.15) is 39.6 Å². The number of carbonyl (C=O) groups excluding carboxylic acids is 2. The largest absolute Gasteiger partial charge is 0.495 e. The molecule has 4 aromatic rings. The number of nitrogens with zero attached hydrogens (tertiary/aromatic N) is 3. The van der Waals surface area contributed by atoms with Gasteiger partial charge in [-0.1, -0.05) is 43.0 Å². The van der Waals surface area contributed by atoms with E-state index in [0.717, 1.165) is 16.0 Å². The summed E-state index contributed by atoms with van der Waals surface area (Å²) in [6, 6.07) is 17.2. The van der Waals surface area contributed by atoms with Crippen LogP contribution in [0.25, 0.3) is 16.3 Å². The normalized spacial score (nSPS) is 13.3. The van der Waals surface area contributed by atoms with Gasteiger partial charge in [0, 0.05) is 23.1 Å². The number of amides is 2. The van der Waals surface area contributed by atoms with E-state index in [1.54, 1.807) is 48.2 Å². The van der Waals surface area contributed by atoms with Crippen LogP contribution in [0.5, 0.6) is 5.75 Å². The first-order valence-electron chi connectivity index (χ1n) is 13.5. The molecule has 1 aliphatic heterocycles. The van der Waals surface area contributed by atoms with E-state index in [9.17, 15) is 18.8 Å². The molecule has 0 fully saturated rings. The summed E-state index contributed by atoms with van der Waals surface area (Å²) in [5.41, 5.74) is 2.91. The summed E-state index contributed by atoms with van der Waals surface area (Å²) in [7, 11) is 1.50. The standard InChI is InChI=1S/C33H29FN4O4S/c1-5-9-20(2)30(21(3)34)36-32(40)27-18-22-16-17-37(26-12-7-6-10-24(26)31(22)43-27)33(41)25-11-8-13-28(35-25)38-19-23(42-4)14-15-29(38)39/h5-15,18-19H,1,16-17H2,2-4H3,(H,36,40)/b20-9-,30-21-. The molecule has 218 valence electrons. The number of hydrogen-bond donors (Lipinski definition) is 1. The lowest BCUT2D eigenvalue weighted by Gasteiger charge is -2.23. The highest BCUT2D eigenvalue weighted by atomic mass is 32.1. The number of allylic oxidation sites excluding steroid dienone is 4. The van der Waals surface area contributed by atoms with E-state index in [1.807, 2.05) is 24.3 Å². The van der Waals surface area contributed by atoms with Crippen molar-refractivity contribution in [3.05, 3.63) is 129 Å². The van der Waals surface area contributed by atoms with Crippen molar-refractivity contribution in [2.45, 2.75) is 20.3 Å². The Morgan fingerprint density at radius 1 is 1.12 bits per heavy atom. The lowest BCUT2D eigenvalue weighted by Crippen LogP contribution is -2.33. The Balaban J connectivity index is 1.47. The third-order valence-corrected chi connectivity index (χ3v) is 8.20. The van der Waals surface area contributed by atoms with Crippen molar-refractivity contribution in [1.82, 2.24) is 14.9 Å². The monoisotopic (exact) mass is 596 g/mol. The zero-order valence-electron chi connectivity index (χ0n) is 23.9. The quantitative estimate of drug-likeness (QED) is 0.255. The van der Waals surface area contributed by atoms with Crippen molar-refractivity contribution in [3.8, 4) is 22.0 Å². The zero-order chi connectivity index (χ0) is 30.7. The molecule has 0 atom stereocenters. The van der Waals surface area contributed by atoms with Crippen LogP contribution in [0, 0.1) is 0 Å². The number of para-hydroxylation sites is 1. The number of pyridine rings is 2. The molecular formula is C33H29FN4O4S. The minimum absolute atomic E-state index is 0.108. The number of fused-ring (bicyclic) bond motifs is 3. The summed E-state index contributed by atoms with van der Waals surface area (Å²) in [5.74, 6) is -0.468. The van der Waals surface area contributed by atoms with Crippen LogP contribution in [0.3, 0.4) is 0 Å². The van der Waals surface area contributed by atoms with E-state index in [-0.39, 0.29) is 22.9 Å². The van der Waals surface area contributed by atoms with Gasteiger partial charge in [-0.2, -0.15) is 0 Å². The van der Waals surface area contributed by atoms with Crippen LogP contribution in [0.15, 0.2) is 107 Å². The number of ether oxygens (including phenoxy) is 1. The Labute approximate surface area is 252 Å². The number of anilines is 1. The first kappa shape index (κ1) is 29.4. The Kier molecular flexibility index (Phi) is 8.49. The maximum Gasteiger partial charge on any atom is 0.276 e. The number of carbonyl (C=O) groups is 2. The SMILES string of the molecule is C=C/C=C(C)\C(NC(=O)c1cc2c(s1)-c1ccccc1N(C(=O)c1cccc(-n3cc(OC)ccc3=O)n1)CC2)=C(/C)F. The van der Waals surface area contributed by atoms with Gasteiger partial charge in [0.05, 0.1) is 29.6 Å². The highest BCUT2D eigenvalue weighted by molar-refractivity contribution is 7.17. The molecule has 1 N–H and O–H groups in total. The van der Waals surface area contributed by atoms with Gasteiger partial charge in [0.25, 0.3) is 17.4 Å². The molecule has 0 unspecified atom stereocenters. The van der Waals surface area contributed by atoms with Crippen molar-refractivity contribution < 1.29 is 18.7 Å². The molecule has 43 heavy (non-hydrogen) atoms. The molecule has 1 aliphatic rings. The lowest BCUT2D eigenvalue weighted by atomic mass is 10.1. The number of methoxy groups -OCH3 is 1. The number of halogens is 1. The van der Waals surface area contributed by atoms with E-state index in [1.165, 1.54) is 48.3 Å². The summed E-state index contributed by atoms with van der Waals surface area (Å²) < 4.78 is 20.8. The second-order valence-electron chi connectivity index (χ2n) is 9.80. The predicted octanol–water partition coefficient (Wildman–Crippen LogP) is 6.24. The topological polar surface area (TPSA) is 93.5 Å². The Hall–Kier alpha value is -5.09. The molecule has 0 spiro atoms. The number of nitrogens with one attached hydrogen (secondary N) is 1. The molecule has 0 aliphatic carbocycles. The Morgan fingerprint density at radius 3 is 2.65 bits per heavy atom. The van der Waals surface area contributed by atoms with E-state index in [0.29, 0.717) is 40.7 Å². The average Bonchev–Trinajstić information content (AvgIpc) is 3.38. The summed E-state index contributed by atoms with van der Waals surface area (Å²) in [4.78, 5) is 47.1. The fraction of sp³-hybridized carbons (Fsp3) is 0.152. The van der Waals surface area contributed by atoms with Gasteiger partial charge in [0.2, 0.25) is 0 Å². The van der Waals surface area contributed by atoms with Crippen molar-refractivity contribution in [2.75, 3.05) is 18.6 Å². The zero-order valence-corrected chi connectivity index (χ0v) is 24.7. The summed E-state index contributed by atoms with van der Waals surface area (Å²) >= 11 is 1.29. The molecular weight excluding hydrogens is 567 g/mol. The van der Waals surface area contributed by atoms with Gasteiger partial charge in [-0.15, -0.1) is 11.3 Å². The third kappa shape index (κ3) is 5.96. The molecule has 0 bridgehead atoms. The van der Waals surface area contributed by atoms with Crippen molar-refractivity contribution in [2.24, 2.45) is 0 Å². The van der Waals surface area contributed by atoms with Gasteiger partial charge < -0.3 is 15.0 Å². The van der Waals surface area contributed by atoms with E-state index >= 15 is 0 Å². The minimum atomic E-state index is -0.504. The maximum atomic E-state index is 14.3. The number of aromatic nitrogens is 2. The number of rotatable bonds is 7. The molecule has 0 radical (unpaired) electrons. The van der Waals surface area contributed by atoms with Crippen LogP contribution in [-0.4, -0.2) is 35.0 Å². The van der Waals surface area contributed by atoms with Crippen LogP contribution in [0.4, 0.5) is 10.1 Å². The van der Waals surface area contributed by atoms with Gasteiger partial charge in [-0.25, -0.2) is 9.37 Å². The highest BCUT2D eigenvalue weighted by Crippen LogP contribution is 2.42. The van der Waals surface area contributed by atoms with E-state index in [2.05, 4.69) is 16.9 Å². The Bertz CT molecular complexity index is 1870. The molecule has 5 rings (SSSR count). The van der Waals surface area contributed by atoms with Crippen LogP contribution < -0.4 is 20.5 Å². The van der Waals surface area contributed by atoms with E-state index < -0.39 is 11.7 Å². The number of hydrogen-bond acceptors (Lipinski definition) is 6. The Morgan fingerprint density at radius 2 is 1.91 bits per heavy atom. The first-order valence-corrected chi connectivity index (χ1v) is 14.3. The molecule has 8 nitrogen and oxygen atoms in total. The number of benzene rings is 1. The second-order valence-corrected chi connectivity index (χ2v) is 10.8. The minimum Gasteiger partial charge on any atom is -0.495 e. The molecule has 0 saturated heterocycles. The smallest absolute Gasteiger partial charge is 0.276 e. The molecule has 2 amide bonds. The van der Waals surface area contributed by atoms with Crippen LogP contribution in [0.2, 0.25) is 0 Å². The maximum absolute atomic E-state index is 14.3.